The number of esters is 1. The molecule has 0 bridgehead atoms. The molecule has 0 saturated carbocycles. The molecule has 1 aromatic rings. The highest BCUT2D eigenvalue weighted by Crippen LogP contribution is 2.19. The number of benzene rings is 1. The smallest absolute Gasteiger partial charge is 0.327 e. The van der Waals surface area contributed by atoms with Gasteiger partial charge in [-0.1, -0.05) is 37.6 Å². The Bertz CT molecular complexity index is 393. The Hall–Kier alpha value is -1.06. The first kappa shape index (κ1) is 15.0. The molecule has 1 unspecified atom stereocenters. The van der Waals surface area contributed by atoms with E-state index in [9.17, 15) is 4.79 Å². The molecule has 1 atom stereocenters. The predicted molar refractivity (Wildman–Crippen MR) is 73.7 cm³/mol. The number of nitrogens with one attached hydrogen (secondary N) is 1. The van der Waals surface area contributed by atoms with Crippen LogP contribution in [0.2, 0.25) is 5.02 Å². The highest BCUT2D eigenvalue weighted by atomic mass is 35.5. The summed E-state index contributed by atoms with van der Waals surface area (Å²) >= 11 is 5.95. The van der Waals surface area contributed by atoms with Gasteiger partial charge in [0.25, 0.3) is 0 Å². The van der Waals surface area contributed by atoms with E-state index in [-0.39, 0.29) is 5.97 Å². The first-order valence-corrected chi connectivity index (χ1v) is 6.57. The zero-order chi connectivity index (χ0) is 13.5. The average molecular weight is 270 g/mol. The summed E-state index contributed by atoms with van der Waals surface area (Å²) in [6, 6.07) is 6.83. The maximum Gasteiger partial charge on any atom is 0.327 e. The third-order valence-corrected chi connectivity index (χ3v) is 2.67. The van der Waals surface area contributed by atoms with Crippen LogP contribution < -0.4 is 5.32 Å². The first-order chi connectivity index (χ1) is 8.54. The quantitative estimate of drug-likeness (QED) is 0.806. The summed E-state index contributed by atoms with van der Waals surface area (Å²) in [4.78, 5) is 11.9. The van der Waals surface area contributed by atoms with Crippen LogP contribution in [0.25, 0.3) is 0 Å². The third-order valence-electron chi connectivity index (χ3n) is 2.43. The lowest BCUT2D eigenvalue weighted by Crippen LogP contribution is -2.32. The lowest BCUT2D eigenvalue weighted by Gasteiger charge is -2.19. The van der Waals surface area contributed by atoms with E-state index in [0.29, 0.717) is 17.5 Å². The fourth-order valence-corrected chi connectivity index (χ4v) is 1.80. The van der Waals surface area contributed by atoms with Crippen molar-refractivity contribution in [2.45, 2.75) is 26.8 Å². The third kappa shape index (κ3) is 4.67. The molecule has 0 amide bonds. The summed E-state index contributed by atoms with van der Waals surface area (Å²) in [6.45, 7) is 7.10. The van der Waals surface area contributed by atoms with Crippen LogP contribution in [0.15, 0.2) is 24.3 Å². The first-order valence-electron chi connectivity index (χ1n) is 6.20. The fraction of sp³-hybridized carbons (Fsp3) is 0.500. The van der Waals surface area contributed by atoms with E-state index in [4.69, 9.17) is 16.3 Å². The van der Waals surface area contributed by atoms with Gasteiger partial charge in [-0.15, -0.1) is 0 Å². The van der Waals surface area contributed by atoms with Gasteiger partial charge < -0.3 is 10.1 Å². The standard InChI is InChI=1S/C14H20ClNO2/c1-4-18-14(17)13(16-9-10(2)3)11-6-5-7-12(15)8-11/h5-8,10,13,16H,4,9H2,1-3H3. The van der Waals surface area contributed by atoms with Crippen LogP contribution >= 0.6 is 11.6 Å². The molecular weight excluding hydrogens is 250 g/mol. The molecular formula is C14H20ClNO2. The molecule has 1 N–H and O–H groups in total. The van der Waals surface area contributed by atoms with Crippen LogP contribution in [-0.2, 0) is 9.53 Å². The van der Waals surface area contributed by atoms with Gasteiger partial charge in [0.15, 0.2) is 0 Å². The average Bonchev–Trinajstić information content (AvgIpc) is 2.29. The van der Waals surface area contributed by atoms with Crippen molar-refractivity contribution in [3.63, 3.8) is 0 Å². The summed E-state index contributed by atoms with van der Waals surface area (Å²) in [5.74, 6) is 0.196. The molecule has 0 aliphatic heterocycles. The topological polar surface area (TPSA) is 38.3 Å². The van der Waals surface area contributed by atoms with Gasteiger partial charge in [0.1, 0.15) is 6.04 Å². The van der Waals surface area contributed by atoms with Gasteiger partial charge in [0.2, 0.25) is 0 Å². The Morgan fingerprint density at radius 3 is 2.72 bits per heavy atom. The Morgan fingerprint density at radius 1 is 1.44 bits per heavy atom. The summed E-state index contributed by atoms with van der Waals surface area (Å²) in [5, 5.41) is 3.83. The normalized spacial score (nSPS) is 12.5. The minimum absolute atomic E-state index is 0.264. The molecule has 0 spiro atoms. The molecule has 1 rings (SSSR count). The van der Waals surface area contributed by atoms with Crippen LogP contribution in [-0.4, -0.2) is 19.1 Å². The molecule has 0 fully saturated rings. The summed E-state index contributed by atoms with van der Waals surface area (Å²) in [5.41, 5.74) is 0.835. The van der Waals surface area contributed by atoms with Crippen molar-refractivity contribution in [3.8, 4) is 0 Å². The monoisotopic (exact) mass is 269 g/mol. The molecule has 1 aromatic carbocycles. The van der Waals surface area contributed by atoms with Crippen molar-refractivity contribution in [3.05, 3.63) is 34.9 Å². The van der Waals surface area contributed by atoms with Crippen LogP contribution in [0, 0.1) is 5.92 Å². The van der Waals surface area contributed by atoms with Crippen molar-refractivity contribution >= 4 is 17.6 Å². The minimum Gasteiger partial charge on any atom is -0.465 e. The maximum absolute atomic E-state index is 11.9. The van der Waals surface area contributed by atoms with Crippen LogP contribution in [0.3, 0.4) is 0 Å². The zero-order valence-electron chi connectivity index (χ0n) is 11.1. The molecule has 0 radical (unpaired) electrons. The highest BCUT2D eigenvalue weighted by Gasteiger charge is 2.21. The van der Waals surface area contributed by atoms with E-state index < -0.39 is 6.04 Å². The van der Waals surface area contributed by atoms with Crippen LogP contribution in [0.1, 0.15) is 32.4 Å². The number of halogens is 1. The summed E-state index contributed by atoms with van der Waals surface area (Å²) in [7, 11) is 0. The largest absolute Gasteiger partial charge is 0.465 e. The van der Waals surface area contributed by atoms with E-state index in [1.807, 2.05) is 12.1 Å². The SMILES string of the molecule is CCOC(=O)C(NCC(C)C)c1cccc(Cl)c1. The second-order valence-corrected chi connectivity index (χ2v) is 4.98. The number of carbonyl (C=O) groups is 1. The second-order valence-electron chi connectivity index (χ2n) is 4.54. The minimum atomic E-state index is -0.453. The number of hydrogen-bond acceptors (Lipinski definition) is 3. The molecule has 18 heavy (non-hydrogen) atoms. The van der Waals surface area contributed by atoms with Gasteiger partial charge in [-0.05, 0) is 37.1 Å². The van der Waals surface area contributed by atoms with E-state index in [0.717, 1.165) is 12.1 Å². The van der Waals surface area contributed by atoms with Crippen molar-refractivity contribution in [1.29, 1.82) is 0 Å². The summed E-state index contributed by atoms with van der Waals surface area (Å²) < 4.78 is 5.09. The molecule has 100 valence electrons. The number of rotatable bonds is 6. The predicted octanol–water partition coefficient (Wildman–Crippen LogP) is 3.19. The number of carbonyl (C=O) groups excluding carboxylic acids is 1. The number of ether oxygens (including phenoxy) is 1. The fourth-order valence-electron chi connectivity index (χ4n) is 1.60. The van der Waals surface area contributed by atoms with Crippen molar-refractivity contribution in [1.82, 2.24) is 5.32 Å². The van der Waals surface area contributed by atoms with Crippen molar-refractivity contribution < 1.29 is 9.53 Å². The van der Waals surface area contributed by atoms with Gasteiger partial charge >= 0.3 is 5.97 Å². The van der Waals surface area contributed by atoms with E-state index in [1.165, 1.54) is 0 Å². The Labute approximate surface area is 113 Å². The molecule has 0 saturated heterocycles. The van der Waals surface area contributed by atoms with Crippen molar-refractivity contribution in [2.24, 2.45) is 5.92 Å². The van der Waals surface area contributed by atoms with Gasteiger partial charge in [0, 0.05) is 5.02 Å². The second kappa shape index (κ2) is 7.39. The number of hydrogen-bond donors (Lipinski definition) is 1. The molecule has 0 aliphatic carbocycles. The molecule has 4 heteroatoms. The lowest BCUT2D eigenvalue weighted by molar-refractivity contribution is -0.145. The van der Waals surface area contributed by atoms with Gasteiger partial charge in [0.05, 0.1) is 6.61 Å². The van der Waals surface area contributed by atoms with E-state index >= 15 is 0 Å². The molecule has 0 aromatic heterocycles. The summed E-state index contributed by atoms with van der Waals surface area (Å²) in [6.07, 6.45) is 0. The molecule has 0 heterocycles. The van der Waals surface area contributed by atoms with Crippen molar-refractivity contribution in [2.75, 3.05) is 13.2 Å². The van der Waals surface area contributed by atoms with Gasteiger partial charge in [-0.25, -0.2) is 4.79 Å². The molecule has 0 aliphatic rings. The van der Waals surface area contributed by atoms with E-state index in [1.54, 1.807) is 19.1 Å². The Kier molecular flexibility index (Phi) is 6.16. The van der Waals surface area contributed by atoms with Crippen LogP contribution in [0.4, 0.5) is 0 Å². The van der Waals surface area contributed by atoms with E-state index in [2.05, 4.69) is 19.2 Å². The highest BCUT2D eigenvalue weighted by molar-refractivity contribution is 6.30. The molecule has 3 nitrogen and oxygen atoms in total. The Morgan fingerprint density at radius 2 is 2.17 bits per heavy atom. The lowest BCUT2D eigenvalue weighted by atomic mass is 10.1. The maximum atomic E-state index is 11.9. The van der Waals surface area contributed by atoms with Gasteiger partial charge in [-0.2, -0.15) is 0 Å². The van der Waals surface area contributed by atoms with Gasteiger partial charge in [-0.3, -0.25) is 0 Å². The Balaban J connectivity index is 2.85. The van der Waals surface area contributed by atoms with Crippen LogP contribution in [0.5, 0.6) is 0 Å². The zero-order valence-corrected chi connectivity index (χ0v) is 11.8.